The average molecular weight is 417 g/mol. The summed E-state index contributed by atoms with van der Waals surface area (Å²) in [5, 5.41) is 8.06. The molecule has 3 aromatic rings. The van der Waals surface area contributed by atoms with Gasteiger partial charge in [0.05, 0.1) is 13.1 Å². The van der Waals surface area contributed by atoms with Crippen molar-refractivity contribution in [2.45, 2.75) is 38.8 Å². The third-order valence-electron chi connectivity index (χ3n) is 5.41. The van der Waals surface area contributed by atoms with E-state index >= 15 is 0 Å². The van der Waals surface area contributed by atoms with Gasteiger partial charge in [0.25, 0.3) is 0 Å². The standard InChI is InChI=1S/C22H25FN4O.ClH/c1-16-7-8-18(13-20(16)23)15-27-22(28)26(14-17-5-3-2-4-6-17)21(25-27)19-9-11-24-12-10-19;/h2-8,13,19,24H,9-12,14-15H2,1H3;1H. The van der Waals surface area contributed by atoms with Crippen LogP contribution in [0.3, 0.4) is 0 Å². The minimum atomic E-state index is -0.257. The lowest BCUT2D eigenvalue weighted by Gasteiger charge is -2.22. The molecule has 0 radical (unpaired) electrons. The third kappa shape index (κ3) is 4.77. The number of nitrogens with one attached hydrogen (secondary N) is 1. The average Bonchev–Trinajstić information content (AvgIpc) is 3.02. The van der Waals surface area contributed by atoms with Crippen LogP contribution in [0.4, 0.5) is 4.39 Å². The SMILES string of the molecule is Cc1ccc(Cn2nc(C3CCNCC3)n(Cc3ccccc3)c2=O)cc1F.Cl. The maximum Gasteiger partial charge on any atom is 0.346 e. The van der Waals surface area contributed by atoms with E-state index in [1.54, 1.807) is 17.6 Å². The number of nitrogens with zero attached hydrogens (tertiary/aromatic N) is 3. The van der Waals surface area contributed by atoms with Gasteiger partial charge in [-0.25, -0.2) is 13.9 Å². The molecule has 0 unspecified atom stereocenters. The molecule has 1 aromatic heterocycles. The summed E-state index contributed by atoms with van der Waals surface area (Å²) in [4.78, 5) is 13.1. The lowest BCUT2D eigenvalue weighted by Crippen LogP contribution is -2.30. The van der Waals surface area contributed by atoms with E-state index in [1.165, 1.54) is 10.7 Å². The Morgan fingerprint density at radius 2 is 1.79 bits per heavy atom. The Bertz CT molecular complexity index is 1010. The van der Waals surface area contributed by atoms with E-state index in [9.17, 15) is 9.18 Å². The van der Waals surface area contributed by atoms with Crippen molar-refractivity contribution in [3.8, 4) is 0 Å². The molecule has 154 valence electrons. The molecule has 1 aliphatic heterocycles. The maximum atomic E-state index is 13.9. The second-order valence-corrected chi connectivity index (χ2v) is 7.48. The van der Waals surface area contributed by atoms with Crippen LogP contribution in [0, 0.1) is 12.7 Å². The molecular weight excluding hydrogens is 391 g/mol. The number of benzene rings is 2. The van der Waals surface area contributed by atoms with Crippen LogP contribution in [-0.2, 0) is 13.1 Å². The Labute approximate surface area is 176 Å². The van der Waals surface area contributed by atoms with Gasteiger partial charge < -0.3 is 5.32 Å². The highest BCUT2D eigenvalue weighted by Gasteiger charge is 2.24. The van der Waals surface area contributed by atoms with E-state index in [0.29, 0.717) is 12.1 Å². The first-order chi connectivity index (χ1) is 13.6. The number of rotatable bonds is 5. The Morgan fingerprint density at radius 1 is 1.07 bits per heavy atom. The Morgan fingerprint density at radius 3 is 2.48 bits per heavy atom. The summed E-state index contributed by atoms with van der Waals surface area (Å²) in [5.74, 6) is 0.837. The van der Waals surface area contributed by atoms with Gasteiger partial charge in [0.1, 0.15) is 11.6 Å². The first kappa shape index (κ1) is 21.3. The molecular formula is C22H26ClFN4O. The number of halogens is 2. The van der Waals surface area contributed by atoms with E-state index in [-0.39, 0.29) is 36.4 Å². The largest absolute Gasteiger partial charge is 0.346 e. The van der Waals surface area contributed by atoms with Gasteiger partial charge in [0.2, 0.25) is 0 Å². The lowest BCUT2D eigenvalue weighted by molar-refractivity contribution is 0.430. The number of hydrogen-bond donors (Lipinski definition) is 1. The van der Waals surface area contributed by atoms with Crippen LogP contribution in [0.5, 0.6) is 0 Å². The monoisotopic (exact) mass is 416 g/mol. The normalized spacial score (nSPS) is 14.6. The predicted octanol–water partition coefficient (Wildman–Crippen LogP) is 3.48. The van der Waals surface area contributed by atoms with Crippen LogP contribution in [0.2, 0.25) is 0 Å². The van der Waals surface area contributed by atoms with Crippen molar-refractivity contribution in [3.63, 3.8) is 0 Å². The summed E-state index contributed by atoms with van der Waals surface area (Å²) in [5.41, 5.74) is 2.27. The fourth-order valence-electron chi connectivity index (χ4n) is 3.77. The van der Waals surface area contributed by atoms with Crippen molar-refractivity contribution in [3.05, 3.63) is 87.3 Å². The Balaban J connectivity index is 0.00000240. The zero-order valence-corrected chi connectivity index (χ0v) is 17.3. The van der Waals surface area contributed by atoms with Crippen LogP contribution < -0.4 is 11.0 Å². The summed E-state index contributed by atoms with van der Waals surface area (Å²) >= 11 is 0. The predicted molar refractivity (Wildman–Crippen MR) is 114 cm³/mol. The van der Waals surface area contributed by atoms with Crippen molar-refractivity contribution < 1.29 is 4.39 Å². The first-order valence-corrected chi connectivity index (χ1v) is 9.79. The molecule has 0 atom stereocenters. The first-order valence-electron chi connectivity index (χ1n) is 9.79. The molecule has 1 N–H and O–H groups in total. The zero-order valence-electron chi connectivity index (χ0n) is 16.5. The smallest absolute Gasteiger partial charge is 0.317 e. The second-order valence-electron chi connectivity index (χ2n) is 7.48. The molecule has 2 aromatic carbocycles. The van der Waals surface area contributed by atoms with E-state index in [1.807, 2.05) is 36.4 Å². The molecule has 1 saturated heterocycles. The summed E-state index contributed by atoms with van der Waals surface area (Å²) in [6, 6.07) is 15.0. The van der Waals surface area contributed by atoms with Crippen LogP contribution in [-0.4, -0.2) is 27.4 Å². The zero-order chi connectivity index (χ0) is 19.5. The number of aryl methyl sites for hydroxylation is 1. The fourth-order valence-corrected chi connectivity index (χ4v) is 3.77. The van der Waals surface area contributed by atoms with Crippen LogP contribution in [0.1, 0.15) is 41.3 Å². The van der Waals surface area contributed by atoms with Crippen LogP contribution in [0.15, 0.2) is 53.3 Å². The Kier molecular flexibility index (Phi) is 6.87. The third-order valence-corrected chi connectivity index (χ3v) is 5.41. The molecule has 0 aliphatic carbocycles. The molecule has 0 amide bonds. The highest BCUT2D eigenvalue weighted by atomic mass is 35.5. The molecule has 2 heterocycles. The van der Waals surface area contributed by atoms with Gasteiger partial charge in [-0.2, -0.15) is 5.10 Å². The van der Waals surface area contributed by atoms with E-state index in [2.05, 4.69) is 5.32 Å². The van der Waals surface area contributed by atoms with E-state index in [0.717, 1.165) is 42.9 Å². The van der Waals surface area contributed by atoms with E-state index < -0.39 is 0 Å². The van der Waals surface area contributed by atoms with Crippen molar-refractivity contribution in [2.75, 3.05) is 13.1 Å². The van der Waals surface area contributed by atoms with Crippen LogP contribution in [0.25, 0.3) is 0 Å². The minimum Gasteiger partial charge on any atom is -0.317 e. The lowest BCUT2D eigenvalue weighted by atomic mass is 9.97. The van der Waals surface area contributed by atoms with Gasteiger partial charge in [0.15, 0.2) is 0 Å². The van der Waals surface area contributed by atoms with Gasteiger partial charge in [-0.3, -0.25) is 4.57 Å². The van der Waals surface area contributed by atoms with Crippen molar-refractivity contribution in [1.82, 2.24) is 19.7 Å². The van der Waals surface area contributed by atoms with Gasteiger partial charge in [0, 0.05) is 5.92 Å². The number of piperidine rings is 1. The molecule has 1 fully saturated rings. The van der Waals surface area contributed by atoms with Crippen molar-refractivity contribution >= 4 is 12.4 Å². The highest BCUT2D eigenvalue weighted by Crippen LogP contribution is 2.23. The molecule has 4 rings (SSSR count). The fraction of sp³-hybridized carbons (Fsp3) is 0.364. The van der Waals surface area contributed by atoms with Crippen molar-refractivity contribution in [2.24, 2.45) is 0 Å². The number of aromatic nitrogens is 3. The molecule has 0 bridgehead atoms. The highest BCUT2D eigenvalue weighted by molar-refractivity contribution is 5.85. The summed E-state index contributed by atoms with van der Waals surface area (Å²) < 4.78 is 17.2. The summed E-state index contributed by atoms with van der Waals surface area (Å²) in [6.45, 7) is 4.37. The van der Waals surface area contributed by atoms with Gasteiger partial charge in [-0.1, -0.05) is 42.5 Å². The van der Waals surface area contributed by atoms with E-state index in [4.69, 9.17) is 5.10 Å². The molecule has 29 heavy (non-hydrogen) atoms. The molecule has 0 spiro atoms. The Hall–Kier alpha value is -2.44. The van der Waals surface area contributed by atoms with Gasteiger partial charge in [-0.05, 0) is 55.6 Å². The minimum absolute atomic E-state index is 0. The van der Waals surface area contributed by atoms with Crippen LogP contribution >= 0.6 is 12.4 Å². The van der Waals surface area contributed by atoms with Crippen molar-refractivity contribution in [1.29, 1.82) is 0 Å². The summed E-state index contributed by atoms with van der Waals surface area (Å²) in [6.07, 6.45) is 1.93. The van der Waals surface area contributed by atoms with Gasteiger partial charge >= 0.3 is 5.69 Å². The molecule has 7 heteroatoms. The summed E-state index contributed by atoms with van der Waals surface area (Å²) in [7, 11) is 0. The van der Waals surface area contributed by atoms with Gasteiger partial charge in [-0.15, -0.1) is 12.4 Å². The number of hydrogen-bond acceptors (Lipinski definition) is 3. The molecule has 0 saturated carbocycles. The topological polar surface area (TPSA) is 51.9 Å². The quantitative estimate of drug-likeness (QED) is 0.692. The molecule has 1 aliphatic rings. The molecule has 5 nitrogen and oxygen atoms in total. The maximum absolute atomic E-state index is 13.9. The second kappa shape index (κ2) is 9.37.